The second-order valence-corrected chi connectivity index (χ2v) is 6.89. The van der Waals surface area contributed by atoms with Crippen LogP contribution in [0.15, 0.2) is 0 Å². The van der Waals surface area contributed by atoms with Crippen molar-refractivity contribution in [1.82, 2.24) is 10.3 Å². The molecule has 0 aromatic carbocycles. The molecule has 0 aliphatic heterocycles. The number of anilines is 1. The molecule has 0 unspecified atom stereocenters. The number of hydrogen-bond donors (Lipinski definition) is 1. The first-order chi connectivity index (χ1) is 9.63. The number of thiazole rings is 1. The van der Waals surface area contributed by atoms with Crippen LogP contribution in [0.2, 0.25) is 0 Å². The lowest BCUT2D eigenvalue weighted by Crippen LogP contribution is -2.37. The summed E-state index contributed by atoms with van der Waals surface area (Å²) in [6, 6.07) is 0.704. The molecule has 2 rings (SSSR count). The van der Waals surface area contributed by atoms with E-state index in [0.717, 1.165) is 19.7 Å². The van der Waals surface area contributed by atoms with Gasteiger partial charge in [-0.15, -0.1) is 11.3 Å². The molecule has 1 fully saturated rings. The molecule has 1 aliphatic carbocycles. The van der Waals surface area contributed by atoms with Crippen LogP contribution in [0.25, 0.3) is 0 Å². The average Bonchev–Trinajstić information content (AvgIpc) is 2.77. The number of aromatic nitrogens is 1. The number of hydrogen-bond acceptors (Lipinski definition) is 5. The molecule has 1 aromatic rings. The van der Waals surface area contributed by atoms with Crippen LogP contribution in [0.3, 0.4) is 0 Å². The first-order valence-electron chi connectivity index (χ1n) is 7.55. The maximum Gasteiger partial charge on any atom is 0.185 e. The van der Waals surface area contributed by atoms with Gasteiger partial charge >= 0.3 is 0 Å². The zero-order chi connectivity index (χ0) is 14.5. The molecule has 1 heterocycles. The van der Waals surface area contributed by atoms with Crippen molar-refractivity contribution in [2.75, 3.05) is 32.2 Å². The van der Waals surface area contributed by atoms with Crippen molar-refractivity contribution in [2.24, 2.45) is 0 Å². The molecular formula is C15H27N3OS. The summed E-state index contributed by atoms with van der Waals surface area (Å²) in [5.74, 6) is 0.481. The summed E-state index contributed by atoms with van der Waals surface area (Å²) >= 11 is 1.84. The lowest BCUT2D eigenvalue weighted by Gasteiger charge is -2.34. The van der Waals surface area contributed by atoms with E-state index in [9.17, 15) is 0 Å². The van der Waals surface area contributed by atoms with Gasteiger partial charge in [-0.1, -0.05) is 13.8 Å². The molecule has 0 radical (unpaired) electrons. The summed E-state index contributed by atoms with van der Waals surface area (Å²) in [5.41, 5.74) is 1.25. The topological polar surface area (TPSA) is 37.4 Å². The first-order valence-corrected chi connectivity index (χ1v) is 8.37. The van der Waals surface area contributed by atoms with Crippen molar-refractivity contribution in [2.45, 2.75) is 51.6 Å². The Labute approximate surface area is 126 Å². The summed E-state index contributed by atoms with van der Waals surface area (Å²) in [4.78, 5) is 8.63. The van der Waals surface area contributed by atoms with E-state index in [2.05, 4.69) is 31.1 Å². The number of rotatable bonds is 8. The summed E-state index contributed by atoms with van der Waals surface area (Å²) in [6.07, 6.45) is 3.99. The van der Waals surface area contributed by atoms with Gasteiger partial charge in [0, 0.05) is 38.2 Å². The molecular weight excluding hydrogens is 270 g/mol. The monoisotopic (exact) mass is 297 g/mol. The predicted octanol–water partition coefficient (Wildman–Crippen LogP) is 2.99. The van der Waals surface area contributed by atoms with Gasteiger partial charge in [0.1, 0.15) is 0 Å². The fourth-order valence-electron chi connectivity index (χ4n) is 2.39. The van der Waals surface area contributed by atoms with Crippen LogP contribution in [0.5, 0.6) is 0 Å². The molecule has 0 amide bonds. The SMILES string of the molecule is COCCNCc1sc(N(C)C2CCC2)nc1C(C)C. The molecule has 4 nitrogen and oxygen atoms in total. The minimum atomic E-state index is 0.481. The molecule has 0 spiro atoms. The lowest BCUT2D eigenvalue weighted by molar-refractivity contribution is 0.199. The van der Waals surface area contributed by atoms with E-state index in [-0.39, 0.29) is 0 Å². The average molecular weight is 297 g/mol. The fraction of sp³-hybridized carbons (Fsp3) is 0.800. The minimum absolute atomic E-state index is 0.481. The van der Waals surface area contributed by atoms with E-state index in [4.69, 9.17) is 9.72 Å². The van der Waals surface area contributed by atoms with Gasteiger partial charge in [0.2, 0.25) is 0 Å². The predicted molar refractivity (Wildman–Crippen MR) is 85.8 cm³/mol. The molecule has 0 saturated heterocycles. The molecule has 0 atom stereocenters. The van der Waals surface area contributed by atoms with Gasteiger partial charge in [-0.2, -0.15) is 0 Å². The molecule has 1 aliphatic rings. The summed E-state index contributed by atoms with van der Waals surface area (Å²) < 4.78 is 5.07. The zero-order valence-corrected chi connectivity index (χ0v) is 13.9. The third-order valence-electron chi connectivity index (χ3n) is 3.96. The van der Waals surface area contributed by atoms with E-state index in [1.165, 1.54) is 35.0 Å². The van der Waals surface area contributed by atoms with Crippen LogP contribution in [0.4, 0.5) is 5.13 Å². The van der Waals surface area contributed by atoms with Gasteiger partial charge in [0.25, 0.3) is 0 Å². The molecule has 1 saturated carbocycles. The Kier molecular flexibility index (Phi) is 5.81. The second-order valence-electron chi connectivity index (χ2n) is 5.82. The maximum absolute atomic E-state index is 5.07. The van der Waals surface area contributed by atoms with Crippen molar-refractivity contribution in [3.63, 3.8) is 0 Å². The van der Waals surface area contributed by atoms with Gasteiger partial charge in [-0.05, 0) is 25.2 Å². The van der Waals surface area contributed by atoms with Crippen molar-refractivity contribution in [3.05, 3.63) is 10.6 Å². The fourth-order valence-corrected chi connectivity index (χ4v) is 3.60. The van der Waals surface area contributed by atoms with Gasteiger partial charge in [0.05, 0.1) is 12.3 Å². The largest absolute Gasteiger partial charge is 0.383 e. The van der Waals surface area contributed by atoms with Gasteiger partial charge in [-0.25, -0.2) is 4.98 Å². The molecule has 20 heavy (non-hydrogen) atoms. The van der Waals surface area contributed by atoms with Crippen LogP contribution >= 0.6 is 11.3 Å². The lowest BCUT2D eigenvalue weighted by atomic mass is 9.92. The number of methoxy groups -OCH3 is 1. The summed E-state index contributed by atoms with van der Waals surface area (Å²) in [7, 11) is 3.93. The first kappa shape index (κ1) is 15.7. The molecule has 0 bridgehead atoms. The highest BCUT2D eigenvalue weighted by molar-refractivity contribution is 7.15. The Hall–Kier alpha value is -0.650. The highest BCUT2D eigenvalue weighted by Crippen LogP contribution is 2.34. The molecule has 114 valence electrons. The maximum atomic E-state index is 5.07. The quantitative estimate of drug-likeness (QED) is 0.749. The van der Waals surface area contributed by atoms with Crippen LogP contribution in [0.1, 0.15) is 49.6 Å². The summed E-state index contributed by atoms with van der Waals surface area (Å²) in [5, 5.41) is 4.62. The summed E-state index contributed by atoms with van der Waals surface area (Å²) in [6.45, 7) is 6.99. The standard InChI is InChI=1S/C15H27N3OS/c1-11(2)14-13(10-16-8-9-19-4)20-15(17-14)18(3)12-6-5-7-12/h11-12,16H,5-10H2,1-4H3. The Bertz CT molecular complexity index is 415. The molecule has 5 heteroatoms. The highest BCUT2D eigenvalue weighted by atomic mass is 32.1. The number of nitrogens with zero attached hydrogens (tertiary/aromatic N) is 2. The van der Waals surface area contributed by atoms with Crippen LogP contribution < -0.4 is 10.2 Å². The van der Waals surface area contributed by atoms with E-state index >= 15 is 0 Å². The van der Waals surface area contributed by atoms with Crippen LogP contribution in [-0.4, -0.2) is 38.3 Å². The Morgan fingerprint density at radius 3 is 2.75 bits per heavy atom. The van der Waals surface area contributed by atoms with Gasteiger partial charge < -0.3 is 15.0 Å². The van der Waals surface area contributed by atoms with E-state index in [1.807, 2.05) is 11.3 Å². The van der Waals surface area contributed by atoms with E-state index < -0.39 is 0 Å². The Morgan fingerprint density at radius 1 is 1.45 bits per heavy atom. The highest BCUT2D eigenvalue weighted by Gasteiger charge is 2.25. The molecule has 1 N–H and O–H groups in total. The smallest absolute Gasteiger partial charge is 0.185 e. The second kappa shape index (κ2) is 7.38. The normalized spacial score (nSPS) is 15.7. The van der Waals surface area contributed by atoms with E-state index in [0.29, 0.717) is 12.0 Å². The van der Waals surface area contributed by atoms with Crippen molar-refractivity contribution in [3.8, 4) is 0 Å². The van der Waals surface area contributed by atoms with Crippen molar-refractivity contribution in [1.29, 1.82) is 0 Å². The number of nitrogens with one attached hydrogen (secondary N) is 1. The van der Waals surface area contributed by atoms with Crippen LogP contribution in [-0.2, 0) is 11.3 Å². The molecule has 1 aromatic heterocycles. The Balaban J connectivity index is 2.02. The minimum Gasteiger partial charge on any atom is -0.383 e. The third kappa shape index (κ3) is 3.71. The number of ether oxygens (including phenoxy) is 1. The third-order valence-corrected chi connectivity index (χ3v) is 5.12. The Morgan fingerprint density at radius 2 is 2.20 bits per heavy atom. The van der Waals surface area contributed by atoms with Crippen molar-refractivity contribution >= 4 is 16.5 Å². The van der Waals surface area contributed by atoms with Gasteiger partial charge in [-0.3, -0.25) is 0 Å². The van der Waals surface area contributed by atoms with Gasteiger partial charge in [0.15, 0.2) is 5.13 Å². The van der Waals surface area contributed by atoms with E-state index in [1.54, 1.807) is 7.11 Å². The van der Waals surface area contributed by atoms with Crippen LogP contribution in [0, 0.1) is 0 Å². The zero-order valence-electron chi connectivity index (χ0n) is 13.1. The van der Waals surface area contributed by atoms with Crippen molar-refractivity contribution < 1.29 is 4.74 Å².